The largest absolute Gasteiger partial charge is 0.496 e. The summed E-state index contributed by atoms with van der Waals surface area (Å²) in [7, 11) is 1.56. The van der Waals surface area contributed by atoms with Crippen LogP contribution < -0.4 is 15.2 Å². The Morgan fingerprint density at radius 3 is 2.53 bits per heavy atom. The lowest BCUT2D eigenvalue weighted by Crippen LogP contribution is -2.15. The zero-order valence-corrected chi connectivity index (χ0v) is 15.8. The smallest absolute Gasteiger partial charge is 0.417 e. The topological polar surface area (TPSA) is 82.0 Å². The number of benzene rings is 1. The number of aromatic amines is 1. The van der Waals surface area contributed by atoms with E-state index in [0.717, 1.165) is 16.2 Å². The van der Waals surface area contributed by atoms with Gasteiger partial charge in [0.1, 0.15) is 11.5 Å². The molecule has 0 aliphatic carbocycles. The number of fused-ring (bicyclic) bond motifs is 1. The Labute approximate surface area is 167 Å². The van der Waals surface area contributed by atoms with Gasteiger partial charge >= 0.3 is 11.9 Å². The SMILES string of the molecule is COc1cc(Oc2ccc(-n3c(=O)[nH]c4cc(C(F)(F)F)cnc43)cn2)ccc1C. The minimum absolute atomic E-state index is 0.0260. The number of rotatable bonds is 4. The molecule has 0 fully saturated rings. The highest BCUT2D eigenvalue weighted by molar-refractivity contribution is 5.73. The molecule has 0 bridgehead atoms. The lowest BCUT2D eigenvalue weighted by atomic mass is 10.2. The molecular weight excluding hydrogens is 401 g/mol. The molecule has 3 heterocycles. The second-order valence-corrected chi connectivity index (χ2v) is 6.45. The molecule has 0 radical (unpaired) electrons. The highest BCUT2D eigenvalue weighted by atomic mass is 19.4. The molecule has 30 heavy (non-hydrogen) atoms. The number of aromatic nitrogens is 4. The maximum absolute atomic E-state index is 12.9. The van der Waals surface area contributed by atoms with Crippen LogP contribution in [0.1, 0.15) is 11.1 Å². The first kappa shape index (κ1) is 19.5. The Kier molecular flexibility index (Phi) is 4.69. The zero-order valence-electron chi connectivity index (χ0n) is 15.8. The van der Waals surface area contributed by atoms with Crippen LogP contribution >= 0.6 is 0 Å². The molecule has 0 unspecified atom stereocenters. The molecule has 0 aliphatic heterocycles. The molecule has 4 rings (SSSR count). The van der Waals surface area contributed by atoms with Crippen LogP contribution in [0.25, 0.3) is 16.9 Å². The van der Waals surface area contributed by atoms with Gasteiger partial charge in [0.05, 0.1) is 30.1 Å². The van der Waals surface area contributed by atoms with Crippen LogP contribution in [0, 0.1) is 6.92 Å². The van der Waals surface area contributed by atoms with E-state index in [9.17, 15) is 18.0 Å². The second-order valence-electron chi connectivity index (χ2n) is 6.45. The van der Waals surface area contributed by atoms with Gasteiger partial charge in [-0.25, -0.2) is 19.3 Å². The van der Waals surface area contributed by atoms with Crippen LogP contribution in [0.5, 0.6) is 17.4 Å². The average molecular weight is 416 g/mol. The first-order valence-electron chi connectivity index (χ1n) is 8.73. The quantitative estimate of drug-likeness (QED) is 0.538. The van der Waals surface area contributed by atoms with E-state index in [0.29, 0.717) is 23.4 Å². The summed E-state index contributed by atoms with van der Waals surface area (Å²) < 4.78 is 50.7. The molecule has 7 nitrogen and oxygen atoms in total. The summed E-state index contributed by atoms with van der Waals surface area (Å²) in [6, 6.07) is 9.26. The third kappa shape index (κ3) is 3.59. The molecule has 3 aromatic heterocycles. The van der Waals surface area contributed by atoms with Gasteiger partial charge in [-0.1, -0.05) is 6.07 Å². The van der Waals surface area contributed by atoms with Crippen LogP contribution in [-0.2, 0) is 6.18 Å². The van der Waals surface area contributed by atoms with Crippen molar-refractivity contribution < 1.29 is 22.6 Å². The van der Waals surface area contributed by atoms with Gasteiger partial charge in [0.15, 0.2) is 5.65 Å². The van der Waals surface area contributed by atoms with Gasteiger partial charge in [-0.3, -0.25) is 0 Å². The van der Waals surface area contributed by atoms with Gasteiger partial charge in [-0.15, -0.1) is 0 Å². The number of methoxy groups -OCH3 is 1. The number of nitrogens with zero attached hydrogens (tertiary/aromatic N) is 3. The van der Waals surface area contributed by atoms with Gasteiger partial charge in [0, 0.05) is 18.3 Å². The fourth-order valence-corrected chi connectivity index (χ4v) is 2.94. The van der Waals surface area contributed by atoms with Gasteiger partial charge < -0.3 is 14.5 Å². The summed E-state index contributed by atoms with van der Waals surface area (Å²) in [6.45, 7) is 1.90. The van der Waals surface area contributed by atoms with E-state index in [1.54, 1.807) is 25.3 Å². The van der Waals surface area contributed by atoms with Crippen molar-refractivity contribution in [2.45, 2.75) is 13.1 Å². The summed E-state index contributed by atoms with van der Waals surface area (Å²) in [5, 5.41) is 0. The lowest BCUT2D eigenvalue weighted by molar-refractivity contribution is -0.137. The van der Waals surface area contributed by atoms with Crippen molar-refractivity contribution in [2.75, 3.05) is 7.11 Å². The third-order valence-corrected chi connectivity index (χ3v) is 4.43. The monoisotopic (exact) mass is 416 g/mol. The fraction of sp³-hybridized carbons (Fsp3) is 0.150. The van der Waals surface area contributed by atoms with Crippen LogP contribution in [0.15, 0.2) is 53.6 Å². The van der Waals surface area contributed by atoms with Gasteiger partial charge in [-0.05, 0) is 30.7 Å². The van der Waals surface area contributed by atoms with Crippen molar-refractivity contribution in [3.63, 3.8) is 0 Å². The molecule has 0 spiro atoms. The molecule has 0 saturated heterocycles. The highest BCUT2D eigenvalue weighted by Crippen LogP contribution is 2.30. The average Bonchev–Trinajstić information content (AvgIpc) is 3.04. The summed E-state index contributed by atoms with van der Waals surface area (Å²) in [5.74, 6) is 1.45. The van der Waals surface area contributed by atoms with E-state index in [-0.39, 0.29) is 17.0 Å². The number of nitrogens with one attached hydrogen (secondary N) is 1. The number of pyridine rings is 2. The van der Waals surface area contributed by atoms with E-state index in [1.807, 2.05) is 13.0 Å². The number of aryl methyl sites for hydroxylation is 1. The van der Waals surface area contributed by atoms with Gasteiger partial charge in [-0.2, -0.15) is 13.2 Å². The minimum atomic E-state index is -4.56. The molecule has 0 atom stereocenters. The molecule has 1 N–H and O–H groups in total. The summed E-state index contributed by atoms with van der Waals surface area (Å²) in [6.07, 6.45) is -2.50. The Hall–Kier alpha value is -3.82. The first-order valence-corrected chi connectivity index (χ1v) is 8.73. The standard InChI is InChI=1S/C20H15F3N4O3/c1-11-3-5-14(8-16(11)29-2)30-17-6-4-13(10-24-17)27-18-15(26-19(27)28)7-12(9-25-18)20(21,22)23/h3-10H,1-2H3,(H,26,28). The molecule has 0 saturated carbocycles. The molecule has 4 aromatic rings. The van der Waals surface area contributed by atoms with Crippen molar-refractivity contribution in [1.82, 2.24) is 19.5 Å². The van der Waals surface area contributed by atoms with Crippen molar-refractivity contribution in [2.24, 2.45) is 0 Å². The minimum Gasteiger partial charge on any atom is -0.496 e. The number of hydrogen-bond donors (Lipinski definition) is 1. The van der Waals surface area contributed by atoms with E-state index in [2.05, 4.69) is 15.0 Å². The number of halogens is 3. The maximum atomic E-state index is 12.9. The normalized spacial score (nSPS) is 11.6. The van der Waals surface area contributed by atoms with Crippen LogP contribution in [-0.4, -0.2) is 26.6 Å². The van der Waals surface area contributed by atoms with E-state index < -0.39 is 17.4 Å². The molecule has 154 valence electrons. The molecule has 0 aliphatic rings. The Bertz CT molecular complexity index is 1280. The Balaban J connectivity index is 1.65. The first-order chi connectivity index (χ1) is 14.3. The number of ether oxygens (including phenoxy) is 2. The highest BCUT2D eigenvalue weighted by Gasteiger charge is 2.31. The van der Waals surface area contributed by atoms with Crippen molar-refractivity contribution in [3.8, 4) is 23.1 Å². The predicted molar refractivity (Wildman–Crippen MR) is 102 cm³/mol. The van der Waals surface area contributed by atoms with E-state index in [1.165, 1.54) is 12.3 Å². The lowest BCUT2D eigenvalue weighted by Gasteiger charge is -2.09. The van der Waals surface area contributed by atoms with Gasteiger partial charge in [0.25, 0.3) is 0 Å². The Morgan fingerprint density at radius 2 is 1.87 bits per heavy atom. The number of hydrogen-bond acceptors (Lipinski definition) is 5. The molecular formula is C20H15F3N4O3. The molecule has 1 aromatic carbocycles. The van der Waals surface area contributed by atoms with Crippen LogP contribution in [0.4, 0.5) is 13.2 Å². The van der Waals surface area contributed by atoms with E-state index in [4.69, 9.17) is 9.47 Å². The second kappa shape index (κ2) is 7.21. The number of H-pyrrole nitrogens is 1. The third-order valence-electron chi connectivity index (χ3n) is 4.43. The number of imidazole rings is 1. The van der Waals surface area contributed by atoms with Crippen molar-refractivity contribution in [3.05, 3.63) is 70.4 Å². The van der Waals surface area contributed by atoms with Crippen molar-refractivity contribution >= 4 is 11.2 Å². The summed E-state index contributed by atoms with van der Waals surface area (Å²) >= 11 is 0. The van der Waals surface area contributed by atoms with E-state index >= 15 is 0 Å². The molecule has 0 amide bonds. The van der Waals surface area contributed by atoms with Crippen LogP contribution in [0.3, 0.4) is 0 Å². The Morgan fingerprint density at radius 1 is 1.07 bits per heavy atom. The van der Waals surface area contributed by atoms with Gasteiger partial charge in [0.2, 0.25) is 5.88 Å². The number of alkyl halides is 3. The zero-order chi connectivity index (χ0) is 21.5. The fourth-order valence-electron chi connectivity index (χ4n) is 2.94. The summed E-state index contributed by atoms with van der Waals surface area (Å²) in [4.78, 5) is 22.6. The van der Waals surface area contributed by atoms with Crippen molar-refractivity contribution in [1.29, 1.82) is 0 Å². The maximum Gasteiger partial charge on any atom is 0.417 e. The predicted octanol–water partition coefficient (Wildman–Crippen LogP) is 4.24. The summed E-state index contributed by atoms with van der Waals surface area (Å²) in [5.41, 5.74) is -0.261. The van der Waals surface area contributed by atoms with Crippen LogP contribution in [0.2, 0.25) is 0 Å². The molecule has 10 heteroatoms.